The number of nitrogens with two attached hydrogens (primary N) is 1. The molecule has 2 N–H and O–H groups in total. The second-order valence-corrected chi connectivity index (χ2v) is 6.12. The van der Waals surface area contributed by atoms with E-state index in [2.05, 4.69) is 36.1 Å². The second kappa shape index (κ2) is 4.93. The molecule has 3 rings (SSSR count). The number of para-hydroxylation sites is 1. The zero-order valence-electron chi connectivity index (χ0n) is 11.3. The van der Waals surface area contributed by atoms with Crippen LogP contribution in [0.2, 0.25) is 0 Å². The van der Waals surface area contributed by atoms with Crippen LogP contribution in [0, 0.1) is 5.92 Å². The summed E-state index contributed by atoms with van der Waals surface area (Å²) < 4.78 is 0. The summed E-state index contributed by atoms with van der Waals surface area (Å²) in [6, 6.07) is 10.0. The molecule has 1 saturated carbocycles. The molecule has 0 saturated heterocycles. The van der Waals surface area contributed by atoms with Gasteiger partial charge in [-0.2, -0.15) is 0 Å². The molecule has 1 fully saturated rings. The quantitative estimate of drug-likeness (QED) is 0.866. The summed E-state index contributed by atoms with van der Waals surface area (Å²) in [5, 5.41) is 0. The molecule has 1 aromatic carbocycles. The lowest BCUT2D eigenvalue weighted by atomic mass is 9.86. The minimum atomic E-state index is 0.463. The largest absolute Gasteiger partial charge is 0.368 e. The van der Waals surface area contributed by atoms with Crippen molar-refractivity contribution in [3.63, 3.8) is 0 Å². The Bertz CT molecular complexity index is 407. The SMILES string of the molecule is CC1Cc2ccccc2N1CC1CCC(N)CC1. The molecule has 2 aliphatic rings. The highest BCUT2D eigenvalue weighted by Crippen LogP contribution is 2.34. The molecule has 1 aliphatic carbocycles. The van der Waals surface area contributed by atoms with Crippen LogP contribution < -0.4 is 10.6 Å². The minimum Gasteiger partial charge on any atom is -0.368 e. The Balaban J connectivity index is 1.69. The minimum absolute atomic E-state index is 0.463. The summed E-state index contributed by atoms with van der Waals surface area (Å²) in [5.41, 5.74) is 8.99. The number of benzene rings is 1. The van der Waals surface area contributed by atoms with E-state index in [1.54, 1.807) is 0 Å². The van der Waals surface area contributed by atoms with Crippen LogP contribution >= 0.6 is 0 Å². The maximum Gasteiger partial charge on any atom is 0.0402 e. The van der Waals surface area contributed by atoms with Crippen molar-refractivity contribution in [2.24, 2.45) is 11.7 Å². The van der Waals surface area contributed by atoms with Gasteiger partial charge in [-0.05, 0) is 56.6 Å². The van der Waals surface area contributed by atoms with Gasteiger partial charge in [-0.25, -0.2) is 0 Å². The van der Waals surface area contributed by atoms with Gasteiger partial charge in [-0.3, -0.25) is 0 Å². The number of nitrogens with zero attached hydrogens (tertiary/aromatic N) is 1. The first kappa shape index (κ1) is 12.0. The number of rotatable bonds is 2. The Hall–Kier alpha value is -1.02. The van der Waals surface area contributed by atoms with E-state index in [0.717, 1.165) is 5.92 Å². The normalized spacial score (nSPS) is 31.4. The average Bonchev–Trinajstić information content (AvgIpc) is 2.69. The fourth-order valence-corrected chi connectivity index (χ4v) is 3.56. The summed E-state index contributed by atoms with van der Waals surface area (Å²) in [4.78, 5) is 2.62. The number of hydrogen-bond donors (Lipinski definition) is 1. The lowest BCUT2D eigenvalue weighted by Gasteiger charge is -2.33. The molecule has 1 heterocycles. The maximum absolute atomic E-state index is 6.00. The van der Waals surface area contributed by atoms with Gasteiger partial charge in [0.05, 0.1) is 0 Å². The Kier molecular flexibility index (Phi) is 3.29. The summed E-state index contributed by atoms with van der Waals surface area (Å²) in [6.07, 6.45) is 6.27. The first-order valence-electron chi connectivity index (χ1n) is 7.34. The van der Waals surface area contributed by atoms with Crippen LogP contribution in [0.15, 0.2) is 24.3 Å². The highest BCUT2D eigenvalue weighted by molar-refractivity contribution is 5.59. The summed E-state index contributed by atoms with van der Waals surface area (Å²) >= 11 is 0. The zero-order chi connectivity index (χ0) is 12.5. The van der Waals surface area contributed by atoms with Gasteiger partial charge in [0.25, 0.3) is 0 Å². The molecule has 0 bridgehead atoms. The number of anilines is 1. The zero-order valence-corrected chi connectivity index (χ0v) is 11.3. The van der Waals surface area contributed by atoms with E-state index >= 15 is 0 Å². The third-order valence-corrected chi connectivity index (χ3v) is 4.69. The number of fused-ring (bicyclic) bond motifs is 1. The van der Waals surface area contributed by atoms with E-state index in [-0.39, 0.29) is 0 Å². The monoisotopic (exact) mass is 244 g/mol. The molecular formula is C16H24N2. The van der Waals surface area contributed by atoms with Crippen LogP contribution in [-0.2, 0) is 6.42 Å². The third-order valence-electron chi connectivity index (χ3n) is 4.69. The van der Waals surface area contributed by atoms with Crippen LogP contribution in [0.3, 0.4) is 0 Å². The first-order chi connectivity index (χ1) is 8.74. The molecule has 0 radical (unpaired) electrons. The second-order valence-electron chi connectivity index (χ2n) is 6.12. The Labute approximate surface area is 110 Å². The predicted octanol–water partition coefficient (Wildman–Crippen LogP) is 2.96. The molecule has 0 spiro atoms. The fourth-order valence-electron chi connectivity index (χ4n) is 3.56. The highest BCUT2D eigenvalue weighted by Gasteiger charge is 2.28. The topological polar surface area (TPSA) is 29.3 Å². The molecule has 0 aromatic heterocycles. The van der Waals surface area contributed by atoms with Gasteiger partial charge < -0.3 is 10.6 Å². The molecule has 1 atom stereocenters. The number of hydrogen-bond acceptors (Lipinski definition) is 2. The standard InChI is InChI=1S/C16H24N2/c1-12-10-14-4-2-3-5-16(14)18(12)11-13-6-8-15(17)9-7-13/h2-5,12-13,15H,6-11,17H2,1H3. The fraction of sp³-hybridized carbons (Fsp3) is 0.625. The third kappa shape index (κ3) is 2.26. The van der Waals surface area contributed by atoms with Gasteiger partial charge in [-0.15, -0.1) is 0 Å². The van der Waals surface area contributed by atoms with E-state index in [4.69, 9.17) is 5.73 Å². The van der Waals surface area contributed by atoms with Gasteiger partial charge in [0, 0.05) is 24.3 Å². The molecular weight excluding hydrogens is 220 g/mol. The van der Waals surface area contributed by atoms with E-state index < -0.39 is 0 Å². The highest BCUT2D eigenvalue weighted by atomic mass is 15.2. The average molecular weight is 244 g/mol. The molecule has 2 heteroatoms. The molecule has 18 heavy (non-hydrogen) atoms. The Morgan fingerprint density at radius 2 is 1.89 bits per heavy atom. The first-order valence-corrected chi connectivity index (χ1v) is 7.34. The van der Waals surface area contributed by atoms with Crippen molar-refractivity contribution >= 4 is 5.69 Å². The van der Waals surface area contributed by atoms with E-state index in [1.807, 2.05) is 0 Å². The molecule has 1 aromatic rings. The molecule has 1 aliphatic heterocycles. The van der Waals surface area contributed by atoms with E-state index in [1.165, 1.54) is 49.9 Å². The van der Waals surface area contributed by atoms with Crippen LogP contribution in [0.25, 0.3) is 0 Å². The molecule has 0 amide bonds. The molecule has 98 valence electrons. The van der Waals surface area contributed by atoms with Crippen molar-refractivity contribution in [1.82, 2.24) is 0 Å². The lowest BCUT2D eigenvalue weighted by Crippen LogP contribution is -2.37. The van der Waals surface area contributed by atoms with Crippen molar-refractivity contribution in [1.29, 1.82) is 0 Å². The smallest absolute Gasteiger partial charge is 0.0402 e. The van der Waals surface area contributed by atoms with Crippen LogP contribution in [0.4, 0.5) is 5.69 Å². The Morgan fingerprint density at radius 1 is 1.17 bits per heavy atom. The van der Waals surface area contributed by atoms with Crippen molar-refractivity contribution in [2.75, 3.05) is 11.4 Å². The molecule has 2 nitrogen and oxygen atoms in total. The molecule has 1 unspecified atom stereocenters. The van der Waals surface area contributed by atoms with Gasteiger partial charge in [-0.1, -0.05) is 18.2 Å². The van der Waals surface area contributed by atoms with Gasteiger partial charge in [0.15, 0.2) is 0 Å². The Morgan fingerprint density at radius 3 is 2.67 bits per heavy atom. The van der Waals surface area contributed by atoms with Crippen molar-refractivity contribution in [3.05, 3.63) is 29.8 Å². The van der Waals surface area contributed by atoms with E-state index in [0.29, 0.717) is 12.1 Å². The summed E-state index contributed by atoms with van der Waals surface area (Å²) in [5.74, 6) is 0.846. The van der Waals surface area contributed by atoms with Crippen molar-refractivity contribution < 1.29 is 0 Å². The predicted molar refractivity (Wildman–Crippen MR) is 76.9 cm³/mol. The van der Waals surface area contributed by atoms with E-state index in [9.17, 15) is 0 Å². The van der Waals surface area contributed by atoms with Gasteiger partial charge in [0.1, 0.15) is 0 Å². The van der Waals surface area contributed by atoms with Crippen LogP contribution in [0.1, 0.15) is 38.2 Å². The van der Waals surface area contributed by atoms with Crippen LogP contribution in [-0.4, -0.2) is 18.6 Å². The van der Waals surface area contributed by atoms with Crippen molar-refractivity contribution in [3.8, 4) is 0 Å². The van der Waals surface area contributed by atoms with Gasteiger partial charge in [0.2, 0.25) is 0 Å². The summed E-state index contributed by atoms with van der Waals surface area (Å²) in [6.45, 7) is 3.58. The maximum atomic E-state index is 6.00. The van der Waals surface area contributed by atoms with Crippen molar-refractivity contribution in [2.45, 2.75) is 51.1 Å². The van der Waals surface area contributed by atoms with Crippen LogP contribution in [0.5, 0.6) is 0 Å². The summed E-state index contributed by atoms with van der Waals surface area (Å²) in [7, 11) is 0. The lowest BCUT2D eigenvalue weighted by molar-refractivity contribution is 0.324. The van der Waals surface area contributed by atoms with Gasteiger partial charge >= 0.3 is 0 Å².